The van der Waals surface area contributed by atoms with Crippen molar-refractivity contribution in [2.45, 2.75) is 44.4 Å². The van der Waals surface area contributed by atoms with Crippen LogP contribution >= 0.6 is 0 Å². The molecule has 0 unspecified atom stereocenters. The van der Waals surface area contributed by atoms with Gasteiger partial charge in [-0.3, -0.25) is 24.2 Å². The molecule has 1 aromatic heterocycles. The zero-order valence-electron chi connectivity index (χ0n) is 21.2. The van der Waals surface area contributed by atoms with E-state index >= 15 is 0 Å². The Hall–Kier alpha value is -3.80. The van der Waals surface area contributed by atoms with Gasteiger partial charge in [0.1, 0.15) is 12.2 Å². The van der Waals surface area contributed by atoms with Crippen LogP contribution in [0.25, 0.3) is 0 Å². The summed E-state index contributed by atoms with van der Waals surface area (Å²) in [6.45, 7) is 5.00. The predicted octanol–water partition coefficient (Wildman–Crippen LogP) is 2.15. The van der Waals surface area contributed by atoms with Gasteiger partial charge in [0.15, 0.2) is 0 Å². The summed E-state index contributed by atoms with van der Waals surface area (Å²) in [5.74, 6) is -2.42. The monoisotopic (exact) mass is 532 g/mol. The maximum atomic E-state index is 12.9. The van der Waals surface area contributed by atoms with Crippen LogP contribution < -0.4 is 10.0 Å². The summed E-state index contributed by atoms with van der Waals surface area (Å²) in [6.07, 6.45) is 4.70. The fourth-order valence-corrected chi connectivity index (χ4v) is 4.16. The van der Waals surface area contributed by atoms with Crippen molar-refractivity contribution in [1.82, 2.24) is 19.9 Å². The molecule has 0 fully saturated rings. The van der Waals surface area contributed by atoms with Gasteiger partial charge in [-0.1, -0.05) is 26.7 Å². The fourth-order valence-electron chi connectivity index (χ4n) is 3.19. The van der Waals surface area contributed by atoms with E-state index in [0.717, 1.165) is 31.9 Å². The summed E-state index contributed by atoms with van der Waals surface area (Å²) in [4.78, 5) is 53.9. The molecule has 0 aliphatic heterocycles. The summed E-state index contributed by atoms with van der Waals surface area (Å²) in [5, 5.41) is 2.30. The van der Waals surface area contributed by atoms with Crippen LogP contribution in [0.15, 0.2) is 47.5 Å². The lowest BCUT2D eigenvalue weighted by Gasteiger charge is -2.22. The van der Waals surface area contributed by atoms with E-state index in [9.17, 15) is 27.6 Å². The van der Waals surface area contributed by atoms with Crippen molar-refractivity contribution in [3.05, 3.63) is 59.4 Å². The first-order valence-corrected chi connectivity index (χ1v) is 13.4. The summed E-state index contributed by atoms with van der Waals surface area (Å²) in [7, 11) is -3.05. The minimum Gasteiger partial charge on any atom is -0.468 e. The van der Waals surface area contributed by atoms with Crippen LogP contribution in [0.2, 0.25) is 0 Å². The lowest BCUT2D eigenvalue weighted by Crippen LogP contribution is -2.33. The van der Waals surface area contributed by atoms with E-state index in [2.05, 4.69) is 15.0 Å². The Balaban J connectivity index is 2.06. The Morgan fingerprint density at radius 2 is 1.49 bits per heavy atom. The van der Waals surface area contributed by atoms with Crippen molar-refractivity contribution in [1.29, 1.82) is 0 Å². The molecule has 0 aliphatic carbocycles. The molecule has 0 bridgehead atoms. The standard InChI is InChI=1S/C25H32N4O7S/c1-4-6-14-29(15-7-5-2)25(33)18-8-11-20(12-9-18)37(34,35)28-23(31)19-10-13-21(26-16-19)24(32)27-17-22(30)36-3/h8-13,16H,4-7,14-15,17H2,1-3H3,(H,27,32)(H,28,31). The molecule has 12 heteroatoms. The highest BCUT2D eigenvalue weighted by Gasteiger charge is 2.21. The first-order valence-electron chi connectivity index (χ1n) is 11.9. The van der Waals surface area contributed by atoms with E-state index in [0.29, 0.717) is 18.7 Å². The lowest BCUT2D eigenvalue weighted by atomic mass is 10.1. The van der Waals surface area contributed by atoms with Gasteiger partial charge in [-0.2, -0.15) is 0 Å². The van der Waals surface area contributed by atoms with Gasteiger partial charge >= 0.3 is 5.97 Å². The Bertz CT molecular complexity index is 1190. The number of hydrogen-bond donors (Lipinski definition) is 2. The number of pyridine rings is 1. The molecule has 0 saturated carbocycles. The summed E-state index contributed by atoms with van der Waals surface area (Å²) in [5.41, 5.74) is 0.195. The number of carbonyl (C=O) groups excluding carboxylic acids is 4. The molecule has 3 amide bonds. The third kappa shape index (κ3) is 8.67. The number of aromatic nitrogens is 1. The van der Waals surface area contributed by atoms with Crippen molar-refractivity contribution in [2.24, 2.45) is 0 Å². The first-order chi connectivity index (χ1) is 17.6. The molecular formula is C25H32N4O7S. The predicted molar refractivity (Wildman–Crippen MR) is 135 cm³/mol. The van der Waals surface area contributed by atoms with Crippen molar-refractivity contribution >= 4 is 33.7 Å². The molecule has 1 heterocycles. The molecular weight excluding hydrogens is 500 g/mol. The number of rotatable bonds is 13. The second kappa shape index (κ2) is 14.1. The molecule has 0 saturated heterocycles. The lowest BCUT2D eigenvalue weighted by molar-refractivity contribution is -0.139. The average molecular weight is 533 g/mol. The molecule has 0 atom stereocenters. The minimum atomic E-state index is -4.23. The first kappa shape index (κ1) is 29.4. The van der Waals surface area contributed by atoms with Gasteiger partial charge in [-0.15, -0.1) is 0 Å². The van der Waals surface area contributed by atoms with Crippen molar-refractivity contribution in [2.75, 3.05) is 26.7 Å². The number of benzene rings is 1. The largest absolute Gasteiger partial charge is 0.468 e. The van der Waals surface area contributed by atoms with E-state index in [-0.39, 0.29) is 28.6 Å². The third-order valence-electron chi connectivity index (χ3n) is 5.37. The quantitative estimate of drug-likeness (QED) is 0.372. The van der Waals surface area contributed by atoms with Crippen LogP contribution in [0.3, 0.4) is 0 Å². The SMILES string of the molecule is CCCCN(CCCC)C(=O)c1ccc(S(=O)(=O)NC(=O)c2ccc(C(=O)NCC(=O)OC)nc2)cc1. The van der Waals surface area contributed by atoms with Gasteiger partial charge < -0.3 is 15.0 Å². The van der Waals surface area contributed by atoms with Gasteiger partial charge in [0, 0.05) is 24.8 Å². The Morgan fingerprint density at radius 1 is 0.892 bits per heavy atom. The van der Waals surface area contributed by atoms with E-state index in [1.54, 1.807) is 4.90 Å². The number of methoxy groups -OCH3 is 1. The van der Waals surface area contributed by atoms with Crippen LogP contribution in [0.4, 0.5) is 0 Å². The maximum absolute atomic E-state index is 12.9. The van der Waals surface area contributed by atoms with Crippen LogP contribution in [0.5, 0.6) is 0 Å². The highest BCUT2D eigenvalue weighted by Crippen LogP contribution is 2.14. The zero-order chi connectivity index (χ0) is 27.4. The van der Waals surface area contributed by atoms with E-state index in [4.69, 9.17) is 0 Å². The van der Waals surface area contributed by atoms with Gasteiger partial charge in [0.2, 0.25) is 0 Å². The number of unbranched alkanes of at least 4 members (excludes halogenated alkanes) is 2. The number of carbonyl (C=O) groups is 4. The minimum absolute atomic E-state index is 0.0736. The van der Waals surface area contributed by atoms with Gasteiger partial charge in [-0.25, -0.2) is 13.1 Å². The Morgan fingerprint density at radius 3 is 2.00 bits per heavy atom. The molecule has 37 heavy (non-hydrogen) atoms. The Kier molecular flexibility index (Phi) is 11.2. The number of esters is 1. The maximum Gasteiger partial charge on any atom is 0.325 e. The number of hydrogen-bond acceptors (Lipinski definition) is 8. The van der Waals surface area contributed by atoms with Crippen LogP contribution in [0, 0.1) is 0 Å². The second-order valence-electron chi connectivity index (χ2n) is 8.15. The van der Waals surface area contributed by atoms with E-state index in [1.807, 2.05) is 18.6 Å². The molecule has 0 aliphatic rings. The van der Waals surface area contributed by atoms with E-state index < -0.39 is 27.8 Å². The number of nitrogens with one attached hydrogen (secondary N) is 2. The zero-order valence-corrected chi connectivity index (χ0v) is 22.0. The molecule has 2 aromatic rings. The topological polar surface area (TPSA) is 152 Å². The fraction of sp³-hybridized carbons (Fsp3) is 0.400. The summed E-state index contributed by atoms with van der Waals surface area (Å²) in [6, 6.07) is 7.84. The molecule has 0 spiro atoms. The van der Waals surface area contributed by atoms with Gasteiger partial charge in [0.05, 0.1) is 17.6 Å². The average Bonchev–Trinajstić information content (AvgIpc) is 2.91. The van der Waals surface area contributed by atoms with Crippen LogP contribution in [-0.4, -0.2) is 68.7 Å². The Labute approximate surface area is 216 Å². The smallest absolute Gasteiger partial charge is 0.325 e. The molecule has 1 aromatic carbocycles. The van der Waals surface area contributed by atoms with Crippen molar-refractivity contribution in [3.8, 4) is 0 Å². The molecule has 0 radical (unpaired) electrons. The molecule has 2 rings (SSSR count). The number of sulfonamides is 1. The van der Waals surface area contributed by atoms with Crippen molar-refractivity contribution in [3.63, 3.8) is 0 Å². The molecule has 11 nitrogen and oxygen atoms in total. The normalized spacial score (nSPS) is 10.9. The third-order valence-corrected chi connectivity index (χ3v) is 6.72. The highest BCUT2D eigenvalue weighted by atomic mass is 32.2. The summed E-state index contributed by atoms with van der Waals surface area (Å²) < 4.78 is 31.8. The van der Waals surface area contributed by atoms with Gasteiger partial charge in [0.25, 0.3) is 27.7 Å². The number of nitrogens with zero attached hydrogens (tertiary/aromatic N) is 2. The number of amides is 3. The highest BCUT2D eigenvalue weighted by molar-refractivity contribution is 7.90. The second-order valence-corrected chi connectivity index (χ2v) is 9.83. The summed E-state index contributed by atoms with van der Waals surface area (Å²) >= 11 is 0. The van der Waals surface area contributed by atoms with Crippen molar-refractivity contribution < 1.29 is 32.3 Å². The molecule has 200 valence electrons. The van der Waals surface area contributed by atoms with E-state index in [1.165, 1.54) is 43.5 Å². The van der Waals surface area contributed by atoms with Crippen LogP contribution in [-0.2, 0) is 19.6 Å². The molecule has 2 N–H and O–H groups in total. The number of ether oxygens (including phenoxy) is 1. The van der Waals surface area contributed by atoms with Gasteiger partial charge in [-0.05, 0) is 49.2 Å². The van der Waals surface area contributed by atoms with Crippen LogP contribution in [0.1, 0.15) is 70.7 Å².